The molecule has 2 aromatic heterocycles. The van der Waals surface area contributed by atoms with Gasteiger partial charge in [-0.3, -0.25) is 0 Å². The van der Waals surface area contributed by atoms with Gasteiger partial charge in [-0.2, -0.15) is 0 Å². The Kier molecular flexibility index (Phi) is 20.8. The van der Waals surface area contributed by atoms with Crippen LogP contribution in [0.2, 0.25) is 0 Å². The quantitative estimate of drug-likeness (QED) is 0.0582. The van der Waals surface area contributed by atoms with Crippen LogP contribution < -0.4 is 9.13 Å². The third-order valence-electron chi connectivity index (χ3n) is 7.54. The molecule has 0 fully saturated rings. The van der Waals surface area contributed by atoms with Crippen LogP contribution in [0.15, 0.2) is 90.3 Å². The molecule has 0 N–H and O–H groups in total. The van der Waals surface area contributed by atoms with Gasteiger partial charge in [-0.15, -0.1) is 0 Å². The monoisotopic (exact) mass is 629 g/mol. The molecule has 2 heterocycles. The molecule has 0 radical (unpaired) electrons. The van der Waals surface area contributed by atoms with Crippen LogP contribution in [0.25, 0.3) is 0 Å². The highest BCUT2D eigenvalue weighted by Crippen LogP contribution is 2.10. The molecule has 0 bridgehead atoms. The largest absolute Gasteiger partial charge is 0.744 e. The topological polar surface area (TPSA) is 65.0 Å². The highest BCUT2D eigenvalue weighted by Gasteiger charge is 2.00. The highest BCUT2D eigenvalue weighted by atomic mass is 32.2. The van der Waals surface area contributed by atoms with E-state index in [1.165, 1.54) is 102 Å². The van der Waals surface area contributed by atoms with E-state index < -0.39 is 10.1 Å². The summed E-state index contributed by atoms with van der Waals surface area (Å²) in [6, 6.07) is 18.3. The molecular formula is C39H53N2O3S+. The lowest BCUT2D eigenvalue weighted by Crippen LogP contribution is -2.32. The Labute approximate surface area is 273 Å². The van der Waals surface area contributed by atoms with Gasteiger partial charge in [0, 0.05) is 49.9 Å². The van der Waals surface area contributed by atoms with Crippen molar-refractivity contribution in [1.29, 1.82) is 0 Å². The number of benzene rings is 1. The summed E-state index contributed by atoms with van der Waals surface area (Å²) in [5.41, 5.74) is 0.928. The second-order valence-corrected chi connectivity index (χ2v) is 12.9. The van der Waals surface area contributed by atoms with Crippen molar-refractivity contribution in [3.8, 4) is 23.7 Å². The van der Waals surface area contributed by atoms with Crippen LogP contribution in [0.3, 0.4) is 0 Å². The Hall–Kier alpha value is -3.45. The molecule has 0 saturated carbocycles. The molecular weight excluding hydrogens is 577 g/mol. The van der Waals surface area contributed by atoms with Gasteiger partial charge in [-0.25, -0.2) is 17.6 Å². The Morgan fingerprint density at radius 3 is 1.27 bits per heavy atom. The summed E-state index contributed by atoms with van der Waals surface area (Å²) in [6.07, 6.45) is 29.1. The molecule has 0 aliphatic heterocycles. The Morgan fingerprint density at radius 2 is 0.889 bits per heavy atom. The van der Waals surface area contributed by atoms with E-state index in [0.717, 1.165) is 31.5 Å². The van der Waals surface area contributed by atoms with E-state index in [0.29, 0.717) is 0 Å². The molecule has 45 heavy (non-hydrogen) atoms. The molecule has 3 aromatic rings. The first kappa shape index (κ1) is 37.7. The van der Waals surface area contributed by atoms with Crippen molar-refractivity contribution in [1.82, 2.24) is 0 Å². The van der Waals surface area contributed by atoms with E-state index in [9.17, 15) is 13.0 Å². The molecule has 242 valence electrons. The first-order valence-corrected chi connectivity index (χ1v) is 18.2. The van der Waals surface area contributed by atoms with Crippen LogP contribution in [-0.4, -0.2) is 13.0 Å². The number of aryl methyl sites for hydroxylation is 3. The van der Waals surface area contributed by atoms with Crippen molar-refractivity contribution in [2.24, 2.45) is 0 Å². The van der Waals surface area contributed by atoms with E-state index in [-0.39, 0.29) is 4.90 Å². The molecule has 0 atom stereocenters. The summed E-state index contributed by atoms with van der Waals surface area (Å²) in [5.74, 6) is 12.5. The fraction of sp³-hybridized carbons (Fsp3) is 0.487. The molecule has 0 saturated heterocycles. The molecule has 0 unspecified atom stereocenters. The molecule has 0 spiro atoms. The average molecular weight is 630 g/mol. The molecule has 5 nitrogen and oxygen atoms in total. The number of hydrogen-bond donors (Lipinski definition) is 0. The molecule has 3 rings (SSSR count). The lowest BCUT2D eigenvalue weighted by molar-refractivity contribution is -0.697. The van der Waals surface area contributed by atoms with Gasteiger partial charge < -0.3 is 4.55 Å². The van der Waals surface area contributed by atoms with Crippen LogP contribution in [-0.2, 0) is 23.2 Å². The first-order chi connectivity index (χ1) is 21.9. The number of unbranched alkanes of at least 4 members (excludes halogenated alkanes) is 14. The van der Waals surface area contributed by atoms with Gasteiger partial charge in [0.2, 0.25) is 0 Å². The predicted octanol–water partition coefficient (Wildman–Crippen LogP) is 8.11. The van der Waals surface area contributed by atoms with Crippen molar-refractivity contribution >= 4 is 10.1 Å². The summed E-state index contributed by atoms with van der Waals surface area (Å²) in [4.78, 5) is -0.178. The van der Waals surface area contributed by atoms with Crippen LogP contribution in [0.4, 0.5) is 0 Å². The van der Waals surface area contributed by atoms with Crippen molar-refractivity contribution in [3.63, 3.8) is 0 Å². The minimum atomic E-state index is -4.27. The Bertz CT molecular complexity index is 1310. The van der Waals surface area contributed by atoms with E-state index in [2.05, 4.69) is 94.0 Å². The van der Waals surface area contributed by atoms with Crippen molar-refractivity contribution in [3.05, 3.63) is 91.0 Å². The van der Waals surface area contributed by atoms with Gasteiger partial charge in [-0.05, 0) is 56.6 Å². The van der Waals surface area contributed by atoms with E-state index >= 15 is 0 Å². The zero-order valence-electron chi connectivity index (χ0n) is 27.3. The predicted molar refractivity (Wildman–Crippen MR) is 182 cm³/mol. The van der Waals surface area contributed by atoms with Crippen LogP contribution in [0.5, 0.6) is 0 Å². The smallest absolute Gasteiger partial charge is 0.168 e. The zero-order chi connectivity index (χ0) is 32.3. The third kappa shape index (κ3) is 21.0. The Morgan fingerprint density at radius 1 is 0.533 bits per heavy atom. The summed E-state index contributed by atoms with van der Waals surface area (Å²) < 4.78 is 35.7. The van der Waals surface area contributed by atoms with Gasteiger partial charge in [0.1, 0.15) is 23.2 Å². The van der Waals surface area contributed by atoms with Gasteiger partial charge in [-0.1, -0.05) is 93.0 Å². The Balaban J connectivity index is 0.000000537. The standard InChI is InChI=1S/C32H46N2.C7H8O3S/c1(3-5-7-9-11-13-15-17-21-27-33-29-23-19-24-30-33)2-4-6-8-10-12-14-16-18-22-28-34-31-25-20-26-32-34;1-6-2-4-7(5-3-6)11(8,9)10/h19-20,23-26,29-32H,5-18,21-22,27-28H2;2-5H,1H3,(H,8,9,10)/q+2;/p-1. The normalized spacial score (nSPS) is 10.5. The van der Waals surface area contributed by atoms with Crippen molar-refractivity contribution < 1.29 is 22.1 Å². The first-order valence-electron chi connectivity index (χ1n) is 16.8. The maximum absolute atomic E-state index is 10.4. The maximum Gasteiger partial charge on any atom is 0.168 e. The molecule has 0 aliphatic rings. The summed E-state index contributed by atoms with van der Waals surface area (Å²) in [6.45, 7) is 4.11. The van der Waals surface area contributed by atoms with Crippen LogP contribution >= 0.6 is 0 Å². The lowest BCUT2D eigenvalue weighted by atomic mass is 10.1. The van der Waals surface area contributed by atoms with Crippen LogP contribution in [0, 0.1) is 30.6 Å². The van der Waals surface area contributed by atoms with Crippen molar-refractivity contribution in [2.45, 2.75) is 128 Å². The maximum atomic E-state index is 10.4. The molecule has 0 amide bonds. The minimum Gasteiger partial charge on any atom is -0.744 e. The van der Waals surface area contributed by atoms with E-state index in [1.54, 1.807) is 12.1 Å². The third-order valence-corrected chi connectivity index (χ3v) is 8.39. The number of pyridine rings is 2. The highest BCUT2D eigenvalue weighted by molar-refractivity contribution is 7.85. The fourth-order valence-electron chi connectivity index (χ4n) is 4.87. The molecule has 6 heteroatoms. The van der Waals surface area contributed by atoms with Crippen molar-refractivity contribution in [2.75, 3.05) is 0 Å². The van der Waals surface area contributed by atoms with Gasteiger partial charge in [0.15, 0.2) is 24.8 Å². The summed E-state index contributed by atoms with van der Waals surface area (Å²) in [7, 11) is -4.27. The fourth-order valence-corrected chi connectivity index (χ4v) is 5.34. The van der Waals surface area contributed by atoms with Gasteiger partial charge in [0.25, 0.3) is 0 Å². The number of aromatic nitrogens is 2. The molecule has 0 aliphatic carbocycles. The number of nitrogens with zero attached hydrogens (tertiary/aromatic N) is 2. The van der Waals surface area contributed by atoms with Gasteiger partial charge in [0.05, 0.1) is 4.90 Å². The van der Waals surface area contributed by atoms with Crippen LogP contribution in [0.1, 0.15) is 108 Å². The lowest BCUT2D eigenvalue weighted by Gasteiger charge is -2.05. The minimum absolute atomic E-state index is 0.178. The second-order valence-electron chi connectivity index (χ2n) is 11.5. The number of rotatable bonds is 19. The summed E-state index contributed by atoms with van der Waals surface area (Å²) in [5, 5.41) is 0. The molecule has 1 aromatic carbocycles. The average Bonchev–Trinajstić information content (AvgIpc) is 3.04. The number of hydrogen-bond acceptors (Lipinski definition) is 3. The SMILES string of the molecule is C(C#CCCCCCCCCC[n+]1ccccc1)#CCCCCCCCCC[n+]1ccccc1.Cc1ccc(S(=O)(=O)[O-])cc1. The summed E-state index contributed by atoms with van der Waals surface area (Å²) >= 11 is 0. The zero-order valence-corrected chi connectivity index (χ0v) is 28.2. The second kappa shape index (κ2) is 24.8. The van der Waals surface area contributed by atoms with E-state index in [4.69, 9.17) is 0 Å². The van der Waals surface area contributed by atoms with Gasteiger partial charge >= 0.3 is 0 Å². The van der Waals surface area contributed by atoms with E-state index in [1.807, 2.05) is 6.92 Å².